The lowest BCUT2D eigenvalue weighted by Crippen LogP contribution is -2.30. The summed E-state index contributed by atoms with van der Waals surface area (Å²) in [7, 11) is 0. The average molecular weight is 594 g/mol. The molecule has 0 heterocycles. The Morgan fingerprint density at radius 1 is 0.814 bits per heavy atom. The van der Waals surface area contributed by atoms with E-state index in [1.165, 1.54) is 11.8 Å². The summed E-state index contributed by atoms with van der Waals surface area (Å²) in [6.07, 6.45) is 3.73. The van der Waals surface area contributed by atoms with Crippen LogP contribution in [0.5, 0.6) is 5.75 Å². The molecule has 0 atom stereocenters. The maximum absolute atomic E-state index is 13.4. The van der Waals surface area contributed by atoms with Gasteiger partial charge in [-0.1, -0.05) is 61.9 Å². The van der Waals surface area contributed by atoms with Crippen molar-refractivity contribution in [3.05, 3.63) is 126 Å². The van der Waals surface area contributed by atoms with Crippen molar-refractivity contribution in [3.63, 3.8) is 0 Å². The number of carbonyl (C=O) groups excluding carboxylic acids is 3. The van der Waals surface area contributed by atoms with Crippen LogP contribution in [0.4, 0.5) is 11.4 Å². The van der Waals surface area contributed by atoms with Crippen LogP contribution >= 0.6 is 11.8 Å². The van der Waals surface area contributed by atoms with Crippen molar-refractivity contribution >= 4 is 46.9 Å². The Balaban J connectivity index is 1.38. The van der Waals surface area contributed by atoms with E-state index in [4.69, 9.17) is 4.74 Å². The monoisotopic (exact) mass is 593 g/mol. The molecule has 4 aromatic rings. The van der Waals surface area contributed by atoms with Crippen LogP contribution in [0, 0.1) is 6.92 Å². The molecule has 7 nitrogen and oxygen atoms in total. The second-order valence-electron chi connectivity index (χ2n) is 9.78. The van der Waals surface area contributed by atoms with Crippen molar-refractivity contribution in [1.82, 2.24) is 5.32 Å². The molecule has 4 rings (SSSR count). The second kappa shape index (κ2) is 16.0. The topological polar surface area (TPSA) is 96.5 Å². The number of hydrogen-bond acceptors (Lipinski definition) is 5. The third kappa shape index (κ3) is 9.90. The maximum Gasteiger partial charge on any atom is 0.272 e. The van der Waals surface area contributed by atoms with Gasteiger partial charge in [-0.2, -0.15) is 0 Å². The van der Waals surface area contributed by atoms with Crippen LogP contribution in [0.25, 0.3) is 6.08 Å². The Kier molecular flexibility index (Phi) is 11.6. The van der Waals surface area contributed by atoms with Gasteiger partial charge in [0.2, 0.25) is 5.91 Å². The van der Waals surface area contributed by atoms with Gasteiger partial charge in [0.05, 0.1) is 12.4 Å². The van der Waals surface area contributed by atoms with Crippen LogP contribution in [-0.2, 0) is 9.59 Å². The van der Waals surface area contributed by atoms with E-state index in [9.17, 15) is 14.4 Å². The van der Waals surface area contributed by atoms with Gasteiger partial charge in [-0.3, -0.25) is 14.4 Å². The normalized spacial score (nSPS) is 11.0. The molecule has 0 saturated heterocycles. The highest BCUT2D eigenvalue weighted by Crippen LogP contribution is 2.23. The third-order valence-electron chi connectivity index (χ3n) is 6.38. The smallest absolute Gasteiger partial charge is 0.272 e. The fourth-order valence-electron chi connectivity index (χ4n) is 4.02. The summed E-state index contributed by atoms with van der Waals surface area (Å²) in [5.74, 6) is -0.0287. The molecule has 0 unspecified atom stereocenters. The molecule has 0 aliphatic heterocycles. The second-order valence-corrected chi connectivity index (χ2v) is 10.8. The van der Waals surface area contributed by atoms with E-state index in [0.717, 1.165) is 34.6 Å². The first-order chi connectivity index (χ1) is 20.9. The number of benzene rings is 4. The molecule has 0 fully saturated rings. The molecule has 0 radical (unpaired) electrons. The number of anilines is 2. The zero-order valence-electron chi connectivity index (χ0n) is 24.3. The Morgan fingerprint density at radius 2 is 1.56 bits per heavy atom. The molecule has 3 amide bonds. The number of thioether (sulfide) groups is 1. The largest absolute Gasteiger partial charge is 0.494 e. The van der Waals surface area contributed by atoms with Crippen LogP contribution in [0.2, 0.25) is 0 Å². The Morgan fingerprint density at radius 3 is 2.30 bits per heavy atom. The molecule has 0 spiro atoms. The average Bonchev–Trinajstić information content (AvgIpc) is 3.02. The van der Waals surface area contributed by atoms with Gasteiger partial charge in [-0.05, 0) is 85.1 Å². The zero-order chi connectivity index (χ0) is 30.4. The minimum Gasteiger partial charge on any atom is -0.494 e. The Labute approximate surface area is 256 Å². The van der Waals surface area contributed by atoms with E-state index < -0.39 is 5.91 Å². The molecule has 0 saturated carbocycles. The van der Waals surface area contributed by atoms with Gasteiger partial charge in [-0.25, -0.2) is 0 Å². The van der Waals surface area contributed by atoms with Crippen LogP contribution in [0.15, 0.2) is 114 Å². The van der Waals surface area contributed by atoms with Crippen molar-refractivity contribution in [2.75, 3.05) is 23.0 Å². The number of nitrogens with one attached hydrogen (secondary N) is 3. The number of carbonyl (C=O) groups is 3. The molecule has 0 bridgehead atoms. The summed E-state index contributed by atoms with van der Waals surface area (Å²) >= 11 is 1.35. The highest BCUT2D eigenvalue weighted by molar-refractivity contribution is 8.00. The molecule has 0 aromatic heterocycles. The first kappa shape index (κ1) is 31.1. The fraction of sp³-hybridized carbons (Fsp3) is 0.171. The maximum atomic E-state index is 13.4. The molecule has 0 aliphatic rings. The van der Waals surface area contributed by atoms with E-state index in [1.807, 2.05) is 67.6 Å². The first-order valence-corrected chi connectivity index (χ1v) is 15.1. The lowest BCUT2D eigenvalue weighted by atomic mass is 10.1. The van der Waals surface area contributed by atoms with Crippen LogP contribution in [0.1, 0.15) is 41.3 Å². The van der Waals surface area contributed by atoms with E-state index >= 15 is 0 Å². The Hall–Kier alpha value is -4.82. The van der Waals surface area contributed by atoms with Crippen LogP contribution in [-0.4, -0.2) is 30.1 Å². The van der Waals surface area contributed by atoms with Gasteiger partial charge in [0.15, 0.2) is 0 Å². The molecular formula is C35H35N3O4S. The van der Waals surface area contributed by atoms with Gasteiger partial charge in [0.25, 0.3) is 11.8 Å². The minimum absolute atomic E-state index is 0.113. The molecule has 3 N–H and O–H groups in total. The first-order valence-electron chi connectivity index (χ1n) is 14.1. The summed E-state index contributed by atoms with van der Waals surface area (Å²) in [4.78, 5) is 39.7. The molecule has 43 heavy (non-hydrogen) atoms. The number of unbranched alkanes of at least 4 members (excludes halogenated alkanes) is 1. The van der Waals surface area contributed by atoms with Crippen molar-refractivity contribution in [2.24, 2.45) is 0 Å². The minimum atomic E-state index is -0.463. The summed E-state index contributed by atoms with van der Waals surface area (Å²) in [6, 6.07) is 30.9. The van der Waals surface area contributed by atoms with E-state index in [2.05, 4.69) is 22.9 Å². The van der Waals surface area contributed by atoms with E-state index in [0.29, 0.717) is 23.5 Å². The number of aryl methyl sites for hydroxylation is 1. The van der Waals surface area contributed by atoms with Gasteiger partial charge in [0, 0.05) is 21.8 Å². The van der Waals surface area contributed by atoms with Gasteiger partial charge in [0.1, 0.15) is 11.4 Å². The SMILES string of the molecule is CCCCOc1ccc(NC(=O)CSc2cccc(NC(=O)/C(=C/c3ccccc3C)NC(=O)c3ccccc3)c2)cc1. The number of amides is 3. The van der Waals surface area contributed by atoms with Crippen molar-refractivity contribution in [1.29, 1.82) is 0 Å². The fourth-order valence-corrected chi connectivity index (χ4v) is 4.78. The summed E-state index contributed by atoms with van der Waals surface area (Å²) < 4.78 is 5.67. The quantitative estimate of drug-likeness (QED) is 0.0858. The lowest BCUT2D eigenvalue weighted by Gasteiger charge is -2.13. The van der Waals surface area contributed by atoms with Crippen LogP contribution < -0.4 is 20.7 Å². The lowest BCUT2D eigenvalue weighted by molar-refractivity contribution is -0.114. The standard InChI is InChI=1S/C35H35N3O4S/c1-3-4-21-42-30-19-17-28(18-20-30)36-33(39)24-43-31-16-10-15-29(23-31)37-35(41)32(22-27-14-9-8-11-25(27)2)38-34(40)26-12-6-5-7-13-26/h5-20,22-23H,3-4,21,24H2,1-2H3,(H,36,39)(H,37,41)(H,38,40)/b32-22-. The van der Waals surface area contributed by atoms with Gasteiger partial charge in [-0.15, -0.1) is 11.8 Å². The highest BCUT2D eigenvalue weighted by Gasteiger charge is 2.16. The summed E-state index contributed by atoms with van der Waals surface area (Å²) in [5, 5.41) is 8.54. The third-order valence-corrected chi connectivity index (χ3v) is 7.38. The molecule has 0 aliphatic carbocycles. The summed E-state index contributed by atoms with van der Waals surface area (Å²) in [5.41, 5.74) is 3.57. The number of ether oxygens (including phenoxy) is 1. The van der Waals surface area contributed by atoms with Crippen molar-refractivity contribution in [2.45, 2.75) is 31.6 Å². The molecule has 4 aromatic carbocycles. The van der Waals surface area contributed by atoms with E-state index in [-0.39, 0.29) is 23.3 Å². The molecular weight excluding hydrogens is 558 g/mol. The van der Waals surface area contributed by atoms with Gasteiger partial charge >= 0.3 is 0 Å². The van der Waals surface area contributed by atoms with Crippen molar-refractivity contribution in [3.8, 4) is 5.75 Å². The predicted molar refractivity (Wildman–Crippen MR) is 174 cm³/mol. The molecule has 8 heteroatoms. The van der Waals surface area contributed by atoms with Crippen LogP contribution in [0.3, 0.4) is 0 Å². The molecule has 220 valence electrons. The highest BCUT2D eigenvalue weighted by atomic mass is 32.2. The number of rotatable bonds is 13. The van der Waals surface area contributed by atoms with Crippen molar-refractivity contribution < 1.29 is 19.1 Å². The predicted octanol–water partition coefficient (Wildman–Crippen LogP) is 7.31. The van der Waals surface area contributed by atoms with E-state index in [1.54, 1.807) is 48.5 Å². The van der Waals surface area contributed by atoms with Gasteiger partial charge < -0.3 is 20.7 Å². The summed E-state index contributed by atoms with van der Waals surface area (Å²) in [6.45, 7) is 4.72. The Bertz CT molecular complexity index is 1570. The zero-order valence-corrected chi connectivity index (χ0v) is 25.1. The number of hydrogen-bond donors (Lipinski definition) is 3.